The molecular weight excluding hydrogens is 390 g/mol. The van der Waals surface area contributed by atoms with Crippen LogP contribution in [0.4, 0.5) is 8.78 Å². The van der Waals surface area contributed by atoms with Crippen LogP contribution in [0.25, 0.3) is 12.2 Å². The van der Waals surface area contributed by atoms with Crippen molar-refractivity contribution in [2.24, 2.45) is 0 Å². The Balaban J connectivity index is 1.81. The number of aromatic nitrogens is 1. The van der Waals surface area contributed by atoms with Crippen molar-refractivity contribution in [1.82, 2.24) is 9.88 Å². The normalized spacial score (nSPS) is 17.8. The van der Waals surface area contributed by atoms with Crippen LogP contribution < -0.4 is 9.47 Å². The summed E-state index contributed by atoms with van der Waals surface area (Å²) in [6, 6.07) is 9.96. The molecule has 3 rings (SSSR count). The van der Waals surface area contributed by atoms with E-state index in [1.807, 2.05) is 6.92 Å². The highest BCUT2D eigenvalue weighted by atomic mass is 19.3. The maximum atomic E-state index is 14.6. The van der Waals surface area contributed by atoms with Gasteiger partial charge in [0.25, 0.3) is 11.8 Å². The lowest BCUT2D eigenvalue weighted by molar-refractivity contribution is -0.131. The number of benzene rings is 1. The molecule has 158 valence electrons. The molecule has 5 nitrogen and oxygen atoms in total. The first kappa shape index (κ1) is 21.5. The van der Waals surface area contributed by atoms with E-state index in [9.17, 15) is 13.6 Å². The Bertz CT molecular complexity index is 946. The monoisotopic (exact) mass is 414 g/mol. The molecule has 1 amide bonds. The van der Waals surface area contributed by atoms with E-state index in [0.29, 0.717) is 23.6 Å². The molecule has 1 unspecified atom stereocenters. The highest BCUT2D eigenvalue weighted by Crippen LogP contribution is 2.33. The van der Waals surface area contributed by atoms with Gasteiger partial charge in [-0.1, -0.05) is 31.4 Å². The van der Waals surface area contributed by atoms with Crippen molar-refractivity contribution < 1.29 is 23.0 Å². The van der Waals surface area contributed by atoms with Crippen molar-refractivity contribution >= 4 is 18.1 Å². The van der Waals surface area contributed by atoms with Crippen LogP contribution >= 0.6 is 0 Å². The van der Waals surface area contributed by atoms with Gasteiger partial charge in [0.1, 0.15) is 5.75 Å². The second-order valence-corrected chi connectivity index (χ2v) is 6.83. The van der Waals surface area contributed by atoms with Gasteiger partial charge in [-0.2, -0.15) is 0 Å². The van der Waals surface area contributed by atoms with E-state index in [4.69, 9.17) is 9.47 Å². The summed E-state index contributed by atoms with van der Waals surface area (Å²) in [6.45, 7) is 9.22. The van der Waals surface area contributed by atoms with Crippen LogP contribution in [0, 0.1) is 0 Å². The van der Waals surface area contributed by atoms with E-state index in [2.05, 4.69) is 18.1 Å². The molecule has 1 fully saturated rings. The molecule has 1 aromatic carbocycles. The number of ether oxygens (including phenoxy) is 2. The van der Waals surface area contributed by atoms with Gasteiger partial charge in [-0.3, -0.25) is 4.79 Å². The second kappa shape index (κ2) is 9.07. The average Bonchev–Trinajstić information content (AvgIpc) is 2.75. The maximum Gasteiger partial charge on any atom is 0.287 e. The van der Waals surface area contributed by atoms with Gasteiger partial charge in [0, 0.05) is 19.0 Å². The molecule has 1 aliphatic rings. The fourth-order valence-corrected chi connectivity index (χ4v) is 3.29. The Labute approximate surface area is 174 Å². The average molecular weight is 414 g/mol. The molecule has 2 aromatic rings. The number of hydrogen-bond donors (Lipinski definition) is 0. The summed E-state index contributed by atoms with van der Waals surface area (Å²) in [5.74, 6) is -2.99. The Kier molecular flexibility index (Phi) is 6.50. The minimum absolute atomic E-state index is 0.0455. The van der Waals surface area contributed by atoms with Crippen molar-refractivity contribution in [3.05, 3.63) is 66.4 Å². The number of nitrogens with zero attached hydrogens (tertiary/aromatic N) is 2. The minimum atomic E-state index is -3.09. The van der Waals surface area contributed by atoms with Crippen LogP contribution in [0.1, 0.15) is 35.0 Å². The Morgan fingerprint density at radius 1 is 1.27 bits per heavy atom. The number of rotatable bonds is 7. The molecule has 1 aromatic heterocycles. The first-order chi connectivity index (χ1) is 14.4. The number of carbonyl (C=O) groups is 1. The third-order valence-electron chi connectivity index (χ3n) is 4.88. The van der Waals surface area contributed by atoms with Crippen LogP contribution in [-0.4, -0.2) is 47.5 Å². The van der Waals surface area contributed by atoms with Gasteiger partial charge >= 0.3 is 0 Å². The van der Waals surface area contributed by atoms with Gasteiger partial charge < -0.3 is 14.4 Å². The van der Waals surface area contributed by atoms with Crippen LogP contribution in [-0.2, 0) is 0 Å². The Hall–Kier alpha value is -3.22. The number of piperidine rings is 1. The highest BCUT2D eigenvalue weighted by molar-refractivity contribution is 5.97. The summed E-state index contributed by atoms with van der Waals surface area (Å²) in [7, 11) is 0. The lowest BCUT2D eigenvalue weighted by Crippen LogP contribution is -2.55. The van der Waals surface area contributed by atoms with E-state index in [-0.39, 0.29) is 24.9 Å². The lowest BCUT2D eigenvalue weighted by atomic mass is 10.0. The van der Waals surface area contributed by atoms with Gasteiger partial charge in [-0.05, 0) is 36.8 Å². The number of hydrogen-bond acceptors (Lipinski definition) is 4. The van der Waals surface area contributed by atoms with Crippen LogP contribution in [0.3, 0.4) is 0 Å². The van der Waals surface area contributed by atoms with E-state index < -0.39 is 18.4 Å². The quantitative estimate of drug-likeness (QED) is 0.659. The third-order valence-corrected chi connectivity index (χ3v) is 4.88. The number of amides is 1. The number of halogens is 2. The highest BCUT2D eigenvalue weighted by Gasteiger charge is 2.47. The molecule has 0 spiro atoms. The van der Waals surface area contributed by atoms with E-state index in [1.54, 1.807) is 36.4 Å². The van der Waals surface area contributed by atoms with Crippen LogP contribution in [0.15, 0.2) is 49.6 Å². The topological polar surface area (TPSA) is 51.7 Å². The van der Waals surface area contributed by atoms with Gasteiger partial charge in [0.15, 0.2) is 6.10 Å². The molecule has 1 aliphatic heterocycles. The number of alkyl halides is 2. The fraction of sp³-hybridized carbons (Fsp3) is 0.304. The molecule has 0 saturated carbocycles. The summed E-state index contributed by atoms with van der Waals surface area (Å²) in [4.78, 5) is 18.6. The largest absolute Gasteiger partial charge is 0.493 e. The first-order valence-corrected chi connectivity index (χ1v) is 9.71. The van der Waals surface area contributed by atoms with Crippen molar-refractivity contribution in [3.63, 3.8) is 0 Å². The summed E-state index contributed by atoms with van der Waals surface area (Å²) in [5, 5.41) is 0. The zero-order valence-electron chi connectivity index (χ0n) is 16.8. The summed E-state index contributed by atoms with van der Waals surface area (Å²) >= 11 is 0. The zero-order valence-corrected chi connectivity index (χ0v) is 16.8. The Morgan fingerprint density at radius 3 is 2.73 bits per heavy atom. The number of likely N-dealkylation sites (tertiary alicyclic amines) is 1. The number of para-hydroxylation sites is 1. The minimum Gasteiger partial charge on any atom is -0.493 e. The summed E-state index contributed by atoms with van der Waals surface area (Å²) < 4.78 is 40.2. The molecule has 7 heteroatoms. The Morgan fingerprint density at radius 2 is 2.03 bits per heavy atom. The molecule has 2 heterocycles. The van der Waals surface area contributed by atoms with Gasteiger partial charge in [0.05, 0.1) is 24.4 Å². The van der Waals surface area contributed by atoms with Gasteiger partial charge in [-0.25, -0.2) is 13.8 Å². The summed E-state index contributed by atoms with van der Waals surface area (Å²) in [5.41, 5.74) is 1.54. The molecule has 1 atom stereocenters. The number of carbonyl (C=O) groups excluding carboxylic acids is 1. The van der Waals surface area contributed by atoms with E-state index in [1.165, 1.54) is 17.0 Å². The first-order valence-electron chi connectivity index (χ1n) is 9.71. The van der Waals surface area contributed by atoms with Crippen LogP contribution in [0.2, 0.25) is 0 Å². The predicted octanol–water partition coefficient (Wildman–Crippen LogP) is 4.70. The molecule has 0 N–H and O–H groups in total. The zero-order chi connectivity index (χ0) is 21.7. The lowest BCUT2D eigenvalue weighted by Gasteiger charge is -2.38. The summed E-state index contributed by atoms with van der Waals surface area (Å²) in [6.07, 6.45) is 1.08. The smallest absolute Gasteiger partial charge is 0.287 e. The second-order valence-electron chi connectivity index (χ2n) is 6.83. The van der Waals surface area contributed by atoms with E-state index in [0.717, 1.165) is 5.56 Å². The van der Waals surface area contributed by atoms with Gasteiger partial charge in [0.2, 0.25) is 5.88 Å². The third kappa shape index (κ3) is 4.50. The van der Waals surface area contributed by atoms with Crippen LogP contribution in [0.5, 0.6) is 11.6 Å². The van der Waals surface area contributed by atoms with Crippen molar-refractivity contribution in [1.29, 1.82) is 0 Å². The van der Waals surface area contributed by atoms with Crippen molar-refractivity contribution in [2.75, 3.05) is 19.7 Å². The SMILES string of the molecule is C=Cc1ccc(OC2CN(C(=O)c3ccccc3OCC)CCC2(F)F)nc1C=C. The predicted molar refractivity (Wildman–Crippen MR) is 112 cm³/mol. The van der Waals surface area contributed by atoms with Crippen molar-refractivity contribution in [3.8, 4) is 11.6 Å². The molecule has 1 saturated heterocycles. The fourth-order valence-electron chi connectivity index (χ4n) is 3.29. The van der Waals surface area contributed by atoms with E-state index >= 15 is 0 Å². The molecule has 0 radical (unpaired) electrons. The molecular formula is C23H24F2N2O3. The standard InChI is InChI=1S/C23H24F2N2O3/c1-4-16-11-12-21(26-18(16)5-2)30-20-15-27(14-13-23(20,24)25)22(28)17-9-7-8-10-19(17)29-6-3/h4-5,7-12,20H,1-2,6,13-15H2,3H3. The van der Waals surface area contributed by atoms with Gasteiger partial charge in [-0.15, -0.1) is 0 Å². The number of pyridine rings is 1. The molecule has 30 heavy (non-hydrogen) atoms. The molecule has 0 aliphatic carbocycles. The maximum absolute atomic E-state index is 14.6. The van der Waals surface area contributed by atoms with Crippen molar-refractivity contribution in [2.45, 2.75) is 25.4 Å². The molecule has 0 bridgehead atoms.